The predicted octanol–water partition coefficient (Wildman–Crippen LogP) is -8.67. The highest BCUT2D eigenvalue weighted by molar-refractivity contribution is 8.00. The second-order valence-corrected chi connectivity index (χ2v) is 40.7. The number of carboxylic acids is 8. The second-order valence-electron chi connectivity index (χ2n) is 31.0. The summed E-state index contributed by atoms with van der Waals surface area (Å²) in [6.07, 6.45) is -88.2. The van der Waals surface area contributed by atoms with E-state index in [9.17, 15) is 165 Å². The van der Waals surface area contributed by atoms with Crippen LogP contribution in [0.25, 0.3) is 0 Å². The highest BCUT2D eigenvalue weighted by atomic mass is 32.2. The molecule has 30 aliphatic rings. The van der Waals surface area contributed by atoms with Crippen LogP contribution in [-0.2, 0) is 125 Å². The molecule has 0 amide bonds. The van der Waals surface area contributed by atoms with Crippen LogP contribution in [0, 0.1) is 0 Å². The fourth-order valence-electron chi connectivity index (χ4n) is 14.8. The van der Waals surface area contributed by atoms with Crippen molar-refractivity contribution >= 4 is 141 Å². The minimum Gasteiger partial charge on any atom is -0.481 e. The van der Waals surface area contributed by atoms with Crippen LogP contribution in [-0.4, -0.2) is 512 Å². The summed E-state index contributed by atoms with van der Waals surface area (Å²) < 4.78 is 114. The Hall–Kier alpha value is -2.92. The molecule has 0 radical (unpaired) electrons. The second kappa shape index (κ2) is 52.7. The molecule has 41 atom stereocenters. The fourth-order valence-corrected chi connectivity index (χ4v) is 22.9. The molecule has 0 aliphatic carbocycles. The van der Waals surface area contributed by atoms with Crippen LogP contribution in [0.5, 0.6) is 0 Å². The van der Waals surface area contributed by atoms with Crippen LogP contribution in [0.2, 0.25) is 0 Å². The maximum absolute atomic E-state index is 13.9. The van der Waals surface area contributed by atoms with E-state index in [-0.39, 0.29) is 46.0 Å². The molecule has 30 fully saturated rings. The van der Waals surface area contributed by atoms with E-state index in [2.05, 4.69) is 0 Å². The van der Waals surface area contributed by atoms with Crippen LogP contribution < -0.4 is 0 Å². The maximum Gasteiger partial charge on any atom is 0.304 e. The first kappa shape index (κ1) is 110. The molecule has 30 saturated heterocycles. The SMILES string of the molecule is O=C(O)CCSCC1OC2OC3C(CSCCC(=O)O)OC(OC4C(CSCCC(=O)O)OC(OC5C(CSCCC(=O)O)OC(OC6C(CS(=O)CCC(=O)O)OC(OC7C(CSCCC(=O)O)OC(OC8C(CSCCC(=O)O)OC(OC9C(CSCCC(=O)O)OC(OC1C(O)C2O)C(O)C9O)C(O)C8O)C(O)C7O)C(O)C6O)C(O)C5O)C(O)C4O)C(O)C3O. The van der Waals surface area contributed by atoms with Gasteiger partial charge in [-0.05, 0) is 0 Å². The van der Waals surface area contributed by atoms with E-state index in [0.717, 1.165) is 82.3 Å². The maximum atomic E-state index is 13.9. The fraction of sp³-hybridized carbons (Fsp3) is 0.889. The smallest absolute Gasteiger partial charge is 0.304 e. The lowest BCUT2D eigenvalue weighted by molar-refractivity contribution is -0.396. The molecule has 742 valence electrons. The zero-order valence-corrected chi connectivity index (χ0v) is 74.8. The average Bonchev–Trinajstić information content (AvgIpc) is 0.770. The van der Waals surface area contributed by atoms with Gasteiger partial charge in [0.15, 0.2) is 50.3 Å². The molecule has 0 spiro atoms. The Kier molecular flexibility index (Phi) is 44.9. The molecule has 0 saturated carbocycles. The highest BCUT2D eigenvalue weighted by Gasteiger charge is 2.61. The predicted molar refractivity (Wildman–Crippen MR) is 442 cm³/mol. The molecule has 0 aromatic carbocycles. The van der Waals surface area contributed by atoms with Crippen LogP contribution in [0.4, 0.5) is 0 Å². The van der Waals surface area contributed by atoms with Gasteiger partial charge >= 0.3 is 47.8 Å². The van der Waals surface area contributed by atoms with Gasteiger partial charge in [0, 0.05) is 97.1 Å². The standard InChI is InChI=1S/C72H112O49S8/c73-33(74)1-9-122-17-25-57-41(89)49(97)65(106-25)115-58-26(18-123-10-2-34(75)76)108-67(51(99)43(58)91)117-60-28(20-125-12-4-36(79)80)110-69(53(101)45(60)93)119-62-30(22-127-14-6-38(83)84)112-71(55(103)47(62)95)121-64-32(24-129(105)16-8-40(87)88)113-72(56(104)48(64)96)120-63-31(23-128-15-7-39(85)86)111-70(54(102)46(63)94)118-61-29(21-126-13-5-37(81)82)109-68(52(100)44(61)92)116-59-27(19-124-11-3-35(77)78)107-66(114-57)50(98)42(59)90/h25-32,41-72,89-104H,1-24H2,(H,73,74)(H,75,76)(H,77,78)(H,79,80)(H,81,82)(H,83,84)(H,85,86)(H,87,88). The average molecular weight is 2020 g/mol. The molecule has 16 bridgehead atoms. The monoisotopic (exact) mass is 2020 g/mol. The third kappa shape index (κ3) is 31.0. The Labute approximate surface area is 766 Å². The van der Waals surface area contributed by atoms with Crippen molar-refractivity contribution in [2.75, 3.05) is 92.0 Å². The minimum absolute atomic E-state index is 0.166. The molecule has 30 rings (SSSR count). The van der Waals surface area contributed by atoms with Crippen molar-refractivity contribution in [3.8, 4) is 0 Å². The molecule has 49 nitrogen and oxygen atoms in total. The molecule has 0 aromatic heterocycles. The Morgan fingerprint density at radius 2 is 0.326 bits per heavy atom. The van der Waals surface area contributed by atoms with Gasteiger partial charge in [0.2, 0.25) is 0 Å². The van der Waals surface area contributed by atoms with E-state index >= 15 is 0 Å². The van der Waals surface area contributed by atoms with Gasteiger partial charge < -0.3 is 198 Å². The molecule has 129 heavy (non-hydrogen) atoms. The Bertz CT molecular complexity index is 3450. The van der Waals surface area contributed by atoms with E-state index < -0.39 is 402 Å². The van der Waals surface area contributed by atoms with Gasteiger partial charge in [0.05, 0.1) is 99.8 Å². The molecule has 41 unspecified atom stereocenters. The molecule has 0 aromatic rings. The summed E-state index contributed by atoms with van der Waals surface area (Å²) in [6.45, 7) is 0. The Balaban J connectivity index is 1.12. The van der Waals surface area contributed by atoms with E-state index in [1.165, 1.54) is 0 Å². The summed E-state index contributed by atoms with van der Waals surface area (Å²) in [6, 6.07) is 0. The van der Waals surface area contributed by atoms with Crippen molar-refractivity contribution < 1.29 is 241 Å². The van der Waals surface area contributed by atoms with Crippen molar-refractivity contribution in [3.63, 3.8) is 0 Å². The van der Waals surface area contributed by atoms with E-state index in [1.807, 2.05) is 0 Å². The van der Waals surface area contributed by atoms with Gasteiger partial charge in [-0.1, -0.05) is 0 Å². The lowest BCUT2D eigenvalue weighted by atomic mass is 9.95. The molecular weight excluding hydrogens is 1910 g/mol. The first-order chi connectivity index (χ1) is 61.1. The van der Waals surface area contributed by atoms with Crippen molar-refractivity contribution in [1.29, 1.82) is 0 Å². The molecule has 30 heterocycles. The number of ether oxygens (including phenoxy) is 16. The Morgan fingerprint density at radius 3 is 0.465 bits per heavy atom. The van der Waals surface area contributed by atoms with Crippen molar-refractivity contribution in [1.82, 2.24) is 0 Å². The number of aliphatic hydroxyl groups is 16. The minimum atomic E-state index is -2.42. The number of aliphatic carboxylic acids is 8. The summed E-state index contributed by atoms with van der Waals surface area (Å²) in [5.74, 6) is -15.9. The molecule has 30 aliphatic heterocycles. The largest absolute Gasteiger partial charge is 0.481 e. The number of thioether (sulfide) groups is 7. The lowest BCUT2D eigenvalue weighted by Gasteiger charge is -2.51. The van der Waals surface area contributed by atoms with Gasteiger partial charge in [-0.2, -0.15) is 82.3 Å². The number of carboxylic acid groups (broad SMARTS) is 8. The molecular formula is C72H112O49S8. The van der Waals surface area contributed by atoms with Crippen molar-refractivity contribution in [2.45, 2.75) is 297 Å². The quantitative estimate of drug-likeness (QED) is 0.0253. The summed E-state index contributed by atoms with van der Waals surface area (Å²) in [5, 5.41) is 272. The third-order valence-electron chi connectivity index (χ3n) is 21.5. The van der Waals surface area contributed by atoms with Crippen LogP contribution in [0.1, 0.15) is 51.4 Å². The number of hydrogen-bond acceptors (Lipinski definition) is 48. The number of carbonyl (C=O) groups is 8. The van der Waals surface area contributed by atoms with Gasteiger partial charge in [0.1, 0.15) is 153 Å². The van der Waals surface area contributed by atoms with Crippen LogP contribution in [0.3, 0.4) is 0 Å². The van der Waals surface area contributed by atoms with Crippen LogP contribution in [0.15, 0.2) is 0 Å². The Morgan fingerprint density at radius 1 is 0.194 bits per heavy atom. The molecule has 24 N–H and O–H groups in total. The van der Waals surface area contributed by atoms with Gasteiger partial charge in [-0.3, -0.25) is 42.6 Å². The number of hydrogen-bond donors (Lipinski definition) is 24. The third-order valence-corrected chi connectivity index (χ3v) is 30.3. The van der Waals surface area contributed by atoms with Crippen molar-refractivity contribution in [3.05, 3.63) is 0 Å². The normalized spacial score (nSPS) is 41.5. The highest BCUT2D eigenvalue weighted by Crippen LogP contribution is 2.43. The first-order valence-corrected chi connectivity index (χ1v) is 50.2. The molecule has 57 heteroatoms. The van der Waals surface area contributed by atoms with E-state index in [4.69, 9.17) is 75.8 Å². The van der Waals surface area contributed by atoms with Gasteiger partial charge in [0.25, 0.3) is 0 Å². The van der Waals surface area contributed by atoms with E-state index in [0.29, 0.717) is 0 Å². The zero-order valence-electron chi connectivity index (χ0n) is 68.3. The zero-order chi connectivity index (χ0) is 94.5. The van der Waals surface area contributed by atoms with E-state index in [1.54, 1.807) is 0 Å². The van der Waals surface area contributed by atoms with Gasteiger partial charge in [-0.25, -0.2) is 0 Å². The number of rotatable bonds is 40. The van der Waals surface area contributed by atoms with Gasteiger partial charge in [-0.15, -0.1) is 0 Å². The first-order valence-electron chi connectivity index (χ1n) is 40.6. The summed E-state index contributed by atoms with van der Waals surface area (Å²) in [7, 11) is -2.31. The lowest BCUT2D eigenvalue weighted by Crippen LogP contribution is -2.69. The summed E-state index contributed by atoms with van der Waals surface area (Å²) in [4.78, 5) is 94.4. The summed E-state index contributed by atoms with van der Waals surface area (Å²) in [5.41, 5.74) is 0. The summed E-state index contributed by atoms with van der Waals surface area (Å²) >= 11 is 6.02. The van der Waals surface area contributed by atoms with Crippen LogP contribution >= 0.6 is 82.3 Å². The van der Waals surface area contributed by atoms with Crippen molar-refractivity contribution in [2.24, 2.45) is 0 Å². The topological polar surface area (TPSA) is 787 Å². The number of aliphatic hydroxyl groups excluding tert-OH is 16.